The van der Waals surface area contributed by atoms with Crippen LogP contribution in [0.15, 0.2) is 12.2 Å². The third kappa shape index (κ3) is 1.05. The lowest BCUT2D eigenvalue weighted by molar-refractivity contribution is -0.130. The van der Waals surface area contributed by atoms with Crippen LogP contribution in [-0.2, 0) is 9.53 Å². The van der Waals surface area contributed by atoms with E-state index in [1.54, 1.807) is 0 Å². The van der Waals surface area contributed by atoms with Crippen molar-refractivity contribution in [3.8, 4) is 0 Å². The predicted octanol–water partition coefficient (Wildman–Crippen LogP) is 1.81. The molecule has 1 saturated heterocycles. The zero-order chi connectivity index (χ0) is 8.93. The van der Waals surface area contributed by atoms with Gasteiger partial charge in [-0.25, -0.2) is 0 Å². The van der Waals surface area contributed by atoms with Crippen molar-refractivity contribution in [3.05, 3.63) is 12.2 Å². The summed E-state index contributed by atoms with van der Waals surface area (Å²) in [6.45, 7) is 1.85. The largest absolute Gasteiger partial charge is 0.363 e. The Morgan fingerprint density at radius 2 is 2.25 bits per heavy atom. The Morgan fingerprint density at radius 1 is 1.58 bits per heavy atom. The van der Waals surface area contributed by atoms with E-state index >= 15 is 0 Å². The van der Waals surface area contributed by atoms with Crippen molar-refractivity contribution in [2.75, 3.05) is 0 Å². The topological polar surface area (TPSA) is 26.3 Å². The summed E-state index contributed by atoms with van der Waals surface area (Å²) in [6.07, 6.45) is 3.70. The van der Waals surface area contributed by atoms with Crippen LogP contribution in [0.3, 0.4) is 0 Å². The van der Waals surface area contributed by atoms with Gasteiger partial charge >= 0.3 is 0 Å². The first-order valence-electron chi connectivity index (χ1n) is 3.74. The Morgan fingerprint density at radius 3 is 2.92 bits per heavy atom. The molecule has 4 heteroatoms. The zero-order valence-electron chi connectivity index (χ0n) is 6.46. The van der Waals surface area contributed by atoms with E-state index in [0.717, 1.165) is 0 Å². The highest BCUT2D eigenvalue weighted by Gasteiger charge is 2.51. The molecule has 0 amide bonds. The Bertz CT molecular complexity index is 260. The highest BCUT2D eigenvalue weighted by atomic mass is 79.9. The number of rotatable bonds is 0. The molecule has 2 aliphatic heterocycles. The summed E-state index contributed by atoms with van der Waals surface area (Å²) in [5, 5.41) is 0. The quantitative estimate of drug-likeness (QED) is 0.503. The molecular formula is C8H8Br2O2. The third-order valence-electron chi connectivity index (χ3n) is 2.33. The lowest BCUT2D eigenvalue weighted by Gasteiger charge is -2.35. The van der Waals surface area contributed by atoms with Crippen LogP contribution in [0.25, 0.3) is 0 Å². The first-order valence-corrected chi connectivity index (χ1v) is 5.45. The normalized spacial score (nSPS) is 51.6. The summed E-state index contributed by atoms with van der Waals surface area (Å²) >= 11 is 6.72. The lowest BCUT2D eigenvalue weighted by atomic mass is 9.95. The van der Waals surface area contributed by atoms with Crippen molar-refractivity contribution in [2.45, 2.75) is 28.3 Å². The fourth-order valence-electron chi connectivity index (χ4n) is 1.50. The molecular weight excluding hydrogens is 288 g/mol. The highest BCUT2D eigenvalue weighted by molar-refractivity contribution is 9.11. The number of hydrogen-bond acceptors (Lipinski definition) is 2. The van der Waals surface area contributed by atoms with E-state index in [1.165, 1.54) is 0 Å². The van der Waals surface area contributed by atoms with E-state index in [9.17, 15) is 4.79 Å². The minimum Gasteiger partial charge on any atom is -0.363 e. The standard InChI is InChI=1S/C8H8Br2O2/c1-8(10)5-3-2-4(12-5)6(9)7(8)11/h2-6H,1H3/t4-,5+,6+,8+/m0/s1. The summed E-state index contributed by atoms with van der Waals surface area (Å²) < 4.78 is 5.00. The fraction of sp³-hybridized carbons (Fsp3) is 0.625. The molecule has 0 aromatic carbocycles. The van der Waals surface area contributed by atoms with Gasteiger partial charge in [0.05, 0.1) is 12.2 Å². The number of carbonyl (C=O) groups is 1. The van der Waals surface area contributed by atoms with Crippen LogP contribution in [0.2, 0.25) is 0 Å². The minimum atomic E-state index is -0.565. The molecule has 2 rings (SSSR count). The number of Topliss-reactive ketones (excluding diaryl/α,β-unsaturated/α-hetero) is 1. The fourth-order valence-corrected chi connectivity index (χ4v) is 3.10. The molecule has 1 fully saturated rings. The number of ketones is 1. The number of fused-ring (bicyclic) bond motifs is 2. The maximum absolute atomic E-state index is 11.7. The first-order chi connectivity index (χ1) is 5.53. The van der Waals surface area contributed by atoms with Crippen molar-refractivity contribution in [3.63, 3.8) is 0 Å². The van der Waals surface area contributed by atoms with Crippen LogP contribution in [-0.4, -0.2) is 27.1 Å². The average molecular weight is 296 g/mol. The SMILES string of the molecule is C[C@]1(Br)C(=O)[C@H](Br)[C@@H]2C=C[C@H]1O2. The van der Waals surface area contributed by atoms with E-state index in [-0.39, 0.29) is 22.8 Å². The molecule has 66 valence electrons. The van der Waals surface area contributed by atoms with Gasteiger partial charge in [0.25, 0.3) is 0 Å². The summed E-state index contributed by atoms with van der Waals surface area (Å²) in [7, 11) is 0. The van der Waals surface area contributed by atoms with Gasteiger partial charge in [0, 0.05) is 0 Å². The number of hydrogen-bond donors (Lipinski definition) is 0. The smallest absolute Gasteiger partial charge is 0.168 e. The second-order valence-electron chi connectivity index (χ2n) is 3.25. The van der Waals surface area contributed by atoms with Crippen LogP contribution in [0.5, 0.6) is 0 Å². The molecule has 0 aliphatic carbocycles. The average Bonchev–Trinajstić information content (AvgIpc) is 2.46. The second kappa shape index (κ2) is 2.66. The van der Waals surface area contributed by atoms with Crippen molar-refractivity contribution in [1.29, 1.82) is 0 Å². The lowest BCUT2D eigenvalue weighted by Crippen LogP contribution is -2.52. The van der Waals surface area contributed by atoms with Crippen LogP contribution >= 0.6 is 31.9 Å². The van der Waals surface area contributed by atoms with Gasteiger partial charge in [-0.05, 0) is 6.92 Å². The van der Waals surface area contributed by atoms with E-state index in [4.69, 9.17) is 4.74 Å². The number of alkyl halides is 2. The Balaban J connectivity index is 2.38. The van der Waals surface area contributed by atoms with Crippen LogP contribution in [0, 0.1) is 0 Å². The van der Waals surface area contributed by atoms with Crippen LogP contribution in [0.1, 0.15) is 6.92 Å². The van der Waals surface area contributed by atoms with Gasteiger partial charge in [0.1, 0.15) is 9.15 Å². The van der Waals surface area contributed by atoms with Gasteiger partial charge in [0.2, 0.25) is 0 Å². The van der Waals surface area contributed by atoms with Crippen molar-refractivity contribution in [1.82, 2.24) is 0 Å². The molecule has 0 aromatic rings. The van der Waals surface area contributed by atoms with E-state index in [2.05, 4.69) is 31.9 Å². The highest BCUT2D eigenvalue weighted by Crippen LogP contribution is 2.40. The predicted molar refractivity (Wildman–Crippen MR) is 52.9 cm³/mol. The summed E-state index contributed by atoms with van der Waals surface area (Å²) in [5.74, 6) is 0.161. The van der Waals surface area contributed by atoms with Gasteiger partial charge in [-0.15, -0.1) is 0 Å². The maximum atomic E-state index is 11.7. The van der Waals surface area contributed by atoms with E-state index in [1.807, 2.05) is 19.1 Å². The van der Waals surface area contributed by atoms with Crippen LogP contribution < -0.4 is 0 Å². The zero-order valence-corrected chi connectivity index (χ0v) is 9.63. The monoisotopic (exact) mass is 294 g/mol. The third-order valence-corrected chi connectivity index (χ3v) is 4.11. The van der Waals surface area contributed by atoms with Crippen molar-refractivity contribution < 1.29 is 9.53 Å². The Kier molecular flexibility index (Phi) is 1.97. The first kappa shape index (κ1) is 8.91. The molecule has 0 aromatic heterocycles. The molecule has 0 spiro atoms. The summed E-state index contributed by atoms with van der Waals surface area (Å²) in [5.41, 5.74) is 0. The number of carbonyl (C=O) groups excluding carboxylic acids is 1. The molecule has 0 saturated carbocycles. The number of ether oxygens (including phenoxy) is 1. The summed E-state index contributed by atoms with van der Waals surface area (Å²) in [6, 6.07) is 0. The Labute approximate surface area is 87.6 Å². The second-order valence-corrected chi connectivity index (χ2v) is 5.88. The van der Waals surface area contributed by atoms with E-state index < -0.39 is 4.32 Å². The van der Waals surface area contributed by atoms with Gasteiger partial charge in [-0.3, -0.25) is 4.79 Å². The number of halogens is 2. The Hall–Kier alpha value is 0.330. The van der Waals surface area contributed by atoms with Gasteiger partial charge in [-0.2, -0.15) is 0 Å². The minimum absolute atomic E-state index is 0.0758. The van der Waals surface area contributed by atoms with Gasteiger partial charge < -0.3 is 4.74 Å². The van der Waals surface area contributed by atoms with Gasteiger partial charge in [0.15, 0.2) is 5.78 Å². The molecule has 4 atom stereocenters. The molecule has 2 bridgehead atoms. The molecule has 2 heterocycles. The summed E-state index contributed by atoms with van der Waals surface area (Å²) in [4.78, 5) is 11.5. The van der Waals surface area contributed by atoms with Gasteiger partial charge in [-0.1, -0.05) is 44.0 Å². The van der Waals surface area contributed by atoms with E-state index in [0.29, 0.717) is 0 Å². The molecule has 0 unspecified atom stereocenters. The van der Waals surface area contributed by atoms with Crippen molar-refractivity contribution >= 4 is 37.6 Å². The molecule has 2 aliphatic rings. The molecule has 12 heavy (non-hydrogen) atoms. The molecule has 0 radical (unpaired) electrons. The maximum Gasteiger partial charge on any atom is 0.168 e. The van der Waals surface area contributed by atoms with Crippen molar-refractivity contribution in [2.24, 2.45) is 0 Å². The van der Waals surface area contributed by atoms with Crippen LogP contribution in [0.4, 0.5) is 0 Å². The molecule has 2 nitrogen and oxygen atoms in total. The molecule has 0 N–H and O–H groups in total.